The highest BCUT2D eigenvalue weighted by molar-refractivity contribution is 5.65. The topological polar surface area (TPSA) is 87.5 Å². The van der Waals surface area contributed by atoms with Crippen LogP contribution in [0.3, 0.4) is 0 Å². The zero-order valence-electron chi connectivity index (χ0n) is 16.1. The molecule has 0 amide bonds. The Balaban J connectivity index is 1.43. The highest BCUT2D eigenvalue weighted by Gasteiger charge is 2.13. The van der Waals surface area contributed by atoms with Gasteiger partial charge in [-0.05, 0) is 30.3 Å². The Kier molecular flexibility index (Phi) is 4.36. The second-order valence-corrected chi connectivity index (χ2v) is 6.70. The molecule has 0 spiro atoms. The number of hydrogen-bond donors (Lipinski definition) is 0. The first kappa shape index (κ1) is 17.9. The Bertz CT molecular complexity index is 1370. The third kappa shape index (κ3) is 3.24. The summed E-state index contributed by atoms with van der Waals surface area (Å²) in [7, 11) is 1.61. The van der Waals surface area contributed by atoms with E-state index in [4.69, 9.17) is 9.26 Å². The van der Waals surface area contributed by atoms with Crippen molar-refractivity contribution < 1.29 is 9.26 Å². The van der Waals surface area contributed by atoms with E-state index in [0.717, 1.165) is 22.6 Å². The molecule has 0 bridgehead atoms. The molecule has 0 aliphatic carbocycles. The molecular weight excluding hydrogens is 382 g/mol. The summed E-state index contributed by atoms with van der Waals surface area (Å²) in [5.74, 6) is 1.55. The Morgan fingerprint density at radius 1 is 1.00 bits per heavy atom. The van der Waals surface area contributed by atoms with Crippen molar-refractivity contribution in [2.75, 3.05) is 7.11 Å². The van der Waals surface area contributed by atoms with Gasteiger partial charge in [0.25, 0.3) is 5.56 Å². The summed E-state index contributed by atoms with van der Waals surface area (Å²) in [6.07, 6.45) is 3.40. The number of methoxy groups -OCH3 is 1. The van der Waals surface area contributed by atoms with E-state index in [1.807, 2.05) is 54.6 Å². The monoisotopic (exact) mass is 399 g/mol. The third-order valence-electron chi connectivity index (χ3n) is 4.79. The molecule has 30 heavy (non-hydrogen) atoms. The molecule has 8 heteroatoms. The van der Waals surface area contributed by atoms with Crippen LogP contribution >= 0.6 is 0 Å². The van der Waals surface area contributed by atoms with Crippen LogP contribution in [0, 0.1) is 0 Å². The Labute approximate surface area is 171 Å². The van der Waals surface area contributed by atoms with Crippen molar-refractivity contribution in [3.05, 3.63) is 89.3 Å². The van der Waals surface area contributed by atoms with E-state index in [1.165, 1.54) is 4.57 Å². The fourth-order valence-corrected chi connectivity index (χ4v) is 3.22. The van der Waals surface area contributed by atoms with E-state index < -0.39 is 0 Å². The lowest BCUT2D eigenvalue weighted by Crippen LogP contribution is -2.21. The normalized spacial score (nSPS) is 11.1. The van der Waals surface area contributed by atoms with Crippen molar-refractivity contribution in [2.24, 2.45) is 0 Å². The number of ether oxygens (including phenoxy) is 1. The Morgan fingerprint density at radius 3 is 2.57 bits per heavy atom. The van der Waals surface area contributed by atoms with Gasteiger partial charge in [-0.15, -0.1) is 0 Å². The molecule has 0 N–H and O–H groups in total. The lowest BCUT2D eigenvalue weighted by atomic mass is 10.1. The highest BCUT2D eigenvalue weighted by atomic mass is 16.5. The molecule has 0 aliphatic heterocycles. The van der Waals surface area contributed by atoms with Crippen LogP contribution < -0.4 is 10.3 Å². The van der Waals surface area contributed by atoms with Gasteiger partial charge in [0.1, 0.15) is 17.8 Å². The molecule has 0 unspecified atom stereocenters. The third-order valence-corrected chi connectivity index (χ3v) is 4.79. The smallest absolute Gasteiger partial charge is 0.277 e. The quantitative estimate of drug-likeness (QED) is 0.451. The molecule has 8 nitrogen and oxygen atoms in total. The SMILES string of the molecule is COc1ccc(-c2noc(Cn3ccn4nc(-c5ccccc5)cc4c3=O)n2)cc1. The van der Waals surface area contributed by atoms with Gasteiger partial charge in [0.15, 0.2) is 0 Å². The van der Waals surface area contributed by atoms with Gasteiger partial charge >= 0.3 is 0 Å². The van der Waals surface area contributed by atoms with Crippen molar-refractivity contribution in [3.8, 4) is 28.4 Å². The number of aromatic nitrogens is 5. The average Bonchev–Trinajstić information content (AvgIpc) is 3.44. The van der Waals surface area contributed by atoms with Crippen LogP contribution in [0.5, 0.6) is 5.75 Å². The molecule has 0 aliphatic rings. The molecule has 5 aromatic rings. The largest absolute Gasteiger partial charge is 0.497 e. The Morgan fingerprint density at radius 2 is 1.80 bits per heavy atom. The van der Waals surface area contributed by atoms with E-state index in [2.05, 4.69) is 15.2 Å². The van der Waals surface area contributed by atoms with Gasteiger partial charge in [-0.25, -0.2) is 4.52 Å². The van der Waals surface area contributed by atoms with Crippen LogP contribution in [0.15, 0.2) is 82.4 Å². The zero-order chi connectivity index (χ0) is 20.5. The maximum atomic E-state index is 12.9. The first-order chi connectivity index (χ1) is 14.7. The summed E-state index contributed by atoms with van der Waals surface area (Å²) >= 11 is 0. The molecule has 0 saturated carbocycles. The predicted molar refractivity (Wildman–Crippen MR) is 110 cm³/mol. The predicted octanol–water partition coefficient (Wildman–Crippen LogP) is 3.27. The molecule has 0 fully saturated rings. The average molecular weight is 399 g/mol. The van der Waals surface area contributed by atoms with Crippen LogP contribution in [0.25, 0.3) is 28.2 Å². The van der Waals surface area contributed by atoms with Gasteiger partial charge in [0, 0.05) is 23.5 Å². The summed E-state index contributed by atoms with van der Waals surface area (Å²) in [5.41, 5.74) is 2.79. The van der Waals surface area contributed by atoms with E-state index in [0.29, 0.717) is 17.2 Å². The van der Waals surface area contributed by atoms with Crippen molar-refractivity contribution in [3.63, 3.8) is 0 Å². The lowest BCUT2D eigenvalue weighted by molar-refractivity contribution is 0.370. The summed E-state index contributed by atoms with van der Waals surface area (Å²) in [5, 5.41) is 8.51. The summed E-state index contributed by atoms with van der Waals surface area (Å²) in [6.45, 7) is 0.171. The number of rotatable bonds is 5. The molecule has 3 heterocycles. The number of benzene rings is 2. The minimum Gasteiger partial charge on any atom is -0.497 e. The molecule has 148 valence electrons. The van der Waals surface area contributed by atoms with Crippen LogP contribution in [0.1, 0.15) is 5.89 Å². The highest BCUT2D eigenvalue weighted by Crippen LogP contribution is 2.20. The first-order valence-corrected chi connectivity index (χ1v) is 9.32. The minimum atomic E-state index is -0.184. The van der Waals surface area contributed by atoms with E-state index in [-0.39, 0.29) is 12.1 Å². The molecule has 5 rings (SSSR count). The molecular formula is C22H17N5O3. The summed E-state index contributed by atoms with van der Waals surface area (Å²) < 4.78 is 13.6. The summed E-state index contributed by atoms with van der Waals surface area (Å²) in [4.78, 5) is 17.3. The molecule has 0 atom stereocenters. The Hall–Kier alpha value is -4.20. The van der Waals surface area contributed by atoms with Gasteiger partial charge in [-0.2, -0.15) is 10.1 Å². The summed E-state index contributed by atoms with van der Waals surface area (Å²) in [6, 6.07) is 18.9. The minimum absolute atomic E-state index is 0.171. The fraction of sp³-hybridized carbons (Fsp3) is 0.0909. The van der Waals surface area contributed by atoms with E-state index >= 15 is 0 Å². The van der Waals surface area contributed by atoms with Gasteiger partial charge < -0.3 is 13.8 Å². The van der Waals surface area contributed by atoms with Crippen molar-refractivity contribution in [1.29, 1.82) is 0 Å². The molecule has 2 aromatic carbocycles. The maximum Gasteiger partial charge on any atom is 0.277 e. The van der Waals surface area contributed by atoms with Crippen LogP contribution in [0.2, 0.25) is 0 Å². The number of nitrogens with zero attached hydrogens (tertiary/aromatic N) is 5. The second kappa shape index (κ2) is 7.32. The van der Waals surface area contributed by atoms with Gasteiger partial charge in [-0.3, -0.25) is 4.79 Å². The second-order valence-electron chi connectivity index (χ2n) is 6.70. The van der Waals surface area contributed by atoms with Crippen molar-refractivity contribution >= 4 is 5.52 Å². The zero-order valence-corrected chi connectivity index (χ0v) is 16.1. The molecule has 0 radical (unpaired) electrons. The van der Waals surface area contributed by atoms with Gasteiger partial charge in [-0.1, -0.05) is 35.5 Å². The van der Waals surface area contributed by atoms with Crippen LogP contribution in [-0.2, 0) is 6.54 Å². The van der Waals surface area contributed by atoms with Crippen molar-refractivity contribution in [2.45, 2.75) is 6.54 Å². The lowest BCUT2D eigenvalue weighted by Gasteiger charge is -2.02. The van der Waals surface area contributed by atoms with Crippen molar-refractivity contribution in [1.82, 2.24) is 24.3 Å². The van der Waals surface area contributed by atoms with Crippen LogP contribution in [-0.4, -0.2) is 31.4 Å². The molecule has 3 aromatic heterocycles. The van der Waals surface area contributed by atoms with E-state index in [9.17, 15) is 4.79 Å². The fourth-order valence-electron chi connectivity index (χ4n) is 3.22. The first-order valence-electron chi connectivity index (χ1n) is 9.32. The number of fused-ring (bicyclic) bond motifs is 1. The van der Waals surface area contributed by atoms with Crippen LogP contribution in [0.4, 0.5) is 0 Å². The molecule has 0 saturated heterocycles. The van der Waals surface area contributed by atoms with E-state index in [1.54, 1.807) is 30.1 Å². The van der Waals surface area contributed by atoms with Gasteiger partial charge in [0.05, 0.1) is 12.8 Å². The maximum absolute atomic E-state index is 12.9. The standard InChI is InChI=1S/C22H17N5O3/c1-29-17-9-7-16(8-10-17)21-23-20(30-25-21)14-26-11-12-27-19(22(26)28)13-18(24-27)15-5-3-2-4-6-15/h2-13H,14H2,1H3. The number of hydrogen-bond acceptors (Lipinski definition) is 6. The van der Waals surface area contributed by atoms with Gasteiger partial charge in [0.2, 0.25) is 11.7 Å².